The lowest BCUT2D eigenvalue weighted by Crippen LogP contribution is -2.50. The van der Waals surface area contributed by atoms with Gasteiger partial charge in [0.05, 0.1) is 19.1 Å². The Balaban J connectivity index is 2.33. The Labute approximate surface area is 104 Å². The summed E-state index contributed by atoms with van der Waals surface area (Å²) in [6.07, 6.45) is -0.544. The summed E-state index contributed by atoms with van der Waals surface area (Å²) >= 11 is 0. The zero-order valence-corrected chi connectivity index (χ0v) is 9.92. The summed E-state index contributed by atoms with van der Waals surface area (Å²) in [5.74, 6) is -1.45. The summed E-state index contributed by atoms with van der Waals surface area (Å²) in [4.78, 5) is 34.2. The predicted octanol–water partition coefficient (Wildman–Crippen LogP) is -1.25. The lowest BCUT2D eigenvalue weighted by molar-refractivity contribution is -0.141. The van der Waals surface area contributed by atoms with E-state index in [9.17, 15) is 14.4 Å². The van der Waals surface area contributed by atoms with Gasteiger partial charge in [0, 0.05) is 26.1 Å². The van der Waals surface area contributed by atoms with Gasteiger partial charge in [0.2, 0.25) is 5.91 Å². The number of nitrogens with two attached hydrogens (primary N) is 1. The SMILES string of the molecule is NC(=O)CCNC(=O)N1CCOC(CC(=O)O)C1. The third-order valence-electron chi connectivity index (χ3n) is 2.48. The molecule has 0 aromatic heterocycles. The van der Waals surface area contributed by atoms with Crippen molar-refractivity contribution in [2.75, 3.05) is 26.2 Å². The van der Waals surface area contributed by atoms with E-state index >= 15 is 0 Å². The summed E-state index contributed by atoms with van der Waals surface area (Å²) in [7, 11) is 0. The van der Waals surface area contributed by atoms with Crippen molar-refractivity contribution in [2.45, 2.75) is 18.9 Å². The van der Waals surface area contributed by atoms with Gasteiger partial charge in [-0.25, -0.2) is 4.79 Å². The lowest BCUT2D eigenvalue weighted by atomic mass is 10.2. The van der Waals surface area contributed by atoms with Crippen LogP contribution < -0.4 is 11.1 Å². The standard InChI is InChI=1S/C10H17N3O5/c11-8(14)1-2-12-10(17)13-3-4-18-7(6-13)5-9(15)16/h7H,1-6H2,(H2,11,14)(H,12,17)(H,15,16). The number of morpholine rings is 1. The Bertz CT molecular complexity index is 333. The average molecular weight is 259 g/mol. The fraction of sp³-hybridized carbons (Fsp3) is 0.700. The normalized spacial score (nSPS) is 19.3. The van der Waals surface area contributed by atoms with Crippen molar-refractivity contribution in [3.63, 3.8) is 0 Å². The van der Waals surface area contributed by atoms with Crippen molar-refractivity contribution >= 4 is 17.9 Å². The van der Waals surface area contributed by atoms with E-state index in [0.717, 1.165) is 0 Å². The number of nitrogens with zero attached hydrogens (tertiary/aromatic N) is 1. The summed E-state index contributed by atoms with van der Waals surface area (Å²) in [5, 5.41) is 11.2. The number of aliphatic carboxylic acids is 1. The third kappa shape index (κ3) is 5.00. The fourth-order valence-corrected chi connectivity index (χ4v) is 1.63. The second kappa shape index (κ2) is 6.80. The van der Waals surface area contributed by atoms with E-state index in [1.807, 2.05) is 0 Å². The van der Waals surface area contributed by atoms with Gasteiger partial charge >= 0.3 is 12.0 Å². The molecule has 1 atom stereocenters. The molecule has 0 aromatic carbocycles. The summed E-state index contributed by atoms with van der Waals surface area (Å²) in [6, 6.07) is -0.338. The molecule has 0 aromatic rings. The van der Waals surface area contributed by atoms with E-state index < -0.39 is 18.0 Å². The summed E-state index contributed by atoms with van der Waals surface area (Å²) in [6.45, 7) is 1.11. The Kier molecular flexibility index (Phi) is 5.37. The number of hydrogen-bond donors (Lipinski definition) is 3. The molecular weight excluding hydrogens is 242 g/mol. The third-order valence-corrected chi connectivity index (χ3v) is 2.48. The molecule has 8 nitrogen and oxygen atoms in total. The van der Waals surface area contributed by atoms with Crippen LogP contribution in [0.1, 0.15) is 12.8 Å². The van der Waals surface area contributed by atoms with Gasteiger partial charge < -0.3 is 25.8 Å². The first-order valence-corrected chi connectivity index (χ1v) is 5.63. The van der Waals surface area contributed by atoms with Gasteiger partial charge in [-0.15, -0.1) is 0 Å². The molecule has 0 radical (unpaired) electrons. The molecule has 1 aliphatic heterocycles. The second-order valence-corrected chi connectivity index (χ2v) is 3.98. The number of carbonyl (C=O) groups is 3. The number of nitrogens with one attached hydrogen (secondary N) is 1. The molecule has 1 saturated heterocycles. The van der Waals surface area contributed by atoms with E-state index in [0.29, 0.717) is 13.2 Å². The highest BCUT2D eigenvalue weighted by molar-refractivity contribution is 5.77. The molecule has 1 rings (SSSR count). The smallest absolute Gasteiger partial charge is 0.317 e. The molecule has 3 amide bonds. The minimum Gasteiger partial charge on any atom is -0.481 e. The van der Waals surface area contributed by atoms with Crippen LogP contribution in [0.3, 0.4) is 0 Å². The van der Waals surface area contributed by atoms with Crippen molar-refractivity contribution in [3.8, 4) is 0 Å². The number of hydrogen-bond acceptors (Lipinski definition) is 4. The monoisotopic (exact) mass is 259 g/mol. The molecule has 102 valence electrons. The van der Waals surface area contributed by atoms with E-state index in [1.54, 1.807) is 0 Å². The molecule has 0 aliphatic carbocycles. The van der Waals surface area contributed by atoms with Gasteiger partial charge in [0.1, 0.15) is 0 Å². The van der Waals surface area contributed by atoms with Crippen LogP contribution in [0.25, 0.3) is 0 Å². The quantitative estimate of drug-likeness (QED) is 0.569. The van der Waals surface area contributed by atoms with Gasteiger partial charge in [0.25, 0.3) is 0 Å². The zero-order chi connectivity index (χ0) is 13.5. The Morgan fingerprint density at radius 2 is 2.17 bits per heavy atom. The molecule has 1 heterocycles. The predicted molar refractivity (Wildman–Crippen MR) is 60.8 cm³/mol. The van der Waals surface area contributed by atoms with Crippen LogP contribution in [0.15, 0.2) is 0 Å². The second-order valence-electron chi connectivity index (χ2n) is 3.98. The van der Waals surface area contributed by atoms with E-state index in [1.165, 1.54) is 4.90 Å². The van der Waals surface area contributed by atoms with Crippen LogP contribution in [0.5, 0.6) is 0 Å². The van der Waals surface area contributed by atoms with Gasteiger partial charge in [-0.3, -0.25) is 9.59 Å². The molecule has 1 unspecified atom stereocenters. The van der Waals surface area contributed by atoms with Crippen molar-refractivity contribution in [2.24, 2.45) is 5.73 Å². The average Bonchev–Trinajstić information content (AvgIpc) is 2.27. The van der Waals surface area contributed by atoms with Gasteiger partial charge in [-0.1, -0.05) is 0 Å². The number of carboxylic acids is 1. The molecule has 0 spiro atoms. The summed E-state index contributed by atoms with van der Waals surface area (Å²) in [5.41, 5.74) is 4.94. The number of primary amides is 1. The van der Waals surface area contributed by atoms with Crippen molar-refractivity contribution in [1.29, 1.82) is 0 Å². The first-order valence-electron chi connectivity index (χ1n) is 5.63. The van der Waals surface area contributed by atoms with Crippen LogP contribution in [-0.2, 0) is 14.3 Å². The molecule has 0 saturated carbocycles. The van der Waals surface area contributed by atoms with Gasteiger partial charge in [-0.2, -0.15) is 0 Å². The van der Waals surface area contributed by atoms with Crippen LogP contribution in [0.4, 0.5) is 4.79 Å². The number of carbonyl (C=O) groups excluding carboxylic acids is 2. The largest absolute Gasteiger partial charge is 0.481 e. The first-order chi connectivity index (χ1) is 8.49. The molecule has 18 heavy (non-hydrogen) atoms. The molecule has 0 bridgehead atoms. The van der Waals surface area contributed by atoms with Crippen LogP contribution in [0.2, 0.25) is 0 Å². The number of rotatable bonds is 5. The van der Waals surface area contributed by atoms with Crippen molar-refractivity contribution < 1.29 is 24.2 Å². The van der Waals surface area contributed by atoms with E-state index in [2.05, 4.69) is 5.32 Å². The van der Waals surface area contributed by atoms with Crippen molar-refractivity contribution in [1.82, 2.24) is 10.2 Å². The van der Waals surface area contributed by atoms with Crippen LogP contribution >= 0.6 is 0 Å². The van der Waals surface area contributed by atoms with Gasteiger partial charge in [0.15, 0.2) is 0 Å². The number of urea groups is 1. The number of ether oxygens (including phenoxy) is 1. The molecule has 4 N–H and O–H groups in total. The van der Waals surface area contributed by atoms with E-state index in [4.69, 9.17) is 15.6 Å². The van der Waals surface area contributed by atoms with Gasteiger partial charge in [-0.05, 0) is 0 Å². The molecule has 1 fully saturated rings. The minimum absolute atomic E-state index is 0.0780. The highest BCUT2D eigenvalue weighted by atomic mass is 16.5. The Morgan fingerprint density at radius 3 is 2.78 bits per heavy atom. The first kappa shape index (κ1) is 14.2. The lowest BCUT2D eigenvalue weighted by Gasteiger charge is -2.32. The van der Waals surface area contributed by atoms with Crippen molar-refractivity contribution in [3.05, 3.63) is 0 Å². The highest BCUT2D eigenvalue weighted by Gasteiger charge is 2.25. The zero-order valence-electron chi connectivity index (χ0n) is 9.92. The maximum Gasteiger partial charge on any atom is 0.317 e. The maximum atomic E-state index is 11.7. The Morgan fingerprint density at radius 1 is 1.44 bits per heavy atom. The topological polar surface area (TPSA) is 122 Å². The Hall–Kier alpha value is -1.83. The highest BCUT2D eigenvalue weighted by Crippen LogP contribution is 2.08. The minimum atomic E-state index is -0.962. The molecule has 8 heteroatoms. The molecule has 1 aliphatic rings. The fourth-order valence-electron chi connectivity index (χ4n) is 1.63. The van der Waals surface area contributed by atoms with Crippen LogP contribution in [0, 0.1) is 0 Å². The summed E-state index contributed by atoms with van der Waals surface area (Å²) < 4.78 is 5.24. The molecular formula is C10H17N3O5. The van der Waals surface area contributed by atoms with Crippen LogP contribution in [-0.4, -0.2) is 60.3 Å². The number of amides is 3. The maximum absolute atomic E-state index is 11.7. The van der Waals surface area contributed by atoms with E-state index in [-0.39, 0.29) is 32.0 Å². The number of carboxylic acid groups (broad SMARTS) is 1.